The maximum absolute atomic E-state index is 6.32. The van der Waals surface area contributed by atoms with Crippen molar-refractivity contribution in [3.8, 4) is 0 Å². The van der Waals surface area contributed by atoms with Crippen LogP contribution in [0.5, 0.6) is 0 Å². The third-order valence-electron chi connectivity index (χ3n) is 4.19. The van der Waals surface area contributed by atoms with Crippen LogP contribution in [0.25, 0.3) is 0 Å². The van der Waals surface area contributed by atoms with E-state index in [1.807, 2.05) is 18.8 Å². The Kier molecular flexibility index (Phi) is 3.11. The van der Waals surface area contributed by atoms with E-state index in [-0.39, 0.29) is 11.5 Å². The molecule has 0 radical (unpaired) electrons. The number of hydrogen-bond donors (Lipinski definition) is 1. The van der Waals surface area contributed by atoms with E-state index in [0.717, 1.165) is 10.7 Å². The molecule has 19 heavy (non-hydrogen) atoms. The number of likely N-dealkylation sites (N-methyl/N-ethyl adjacent to an activating group) is 1. The topological polar surface area (TPSA) is 29.9 Å². The van der Waals surface area contributed by atoms with Gasteiger partial charge in [-0.05, 0) is 25.5 Å². The van der Waals surface area contributed by atoms with Crippen molar-refractivity contribution in [3.63, 3.8) is 0 Å². The fourth-order valence-electron chi connectivity index (χ4n) is 3.07. The third-order valence-corrected chi connectivity index (χ3v) is 4.48. The third kappa shape index (κ3) is 1.97. The molecule has 1 N–H and O–H groups in total. The van der Waals surface area contributed by atoms with Gasteiger partial charge in [0.25, 0.3) is 0 Å². The molecule has 3 nitrogen and oxygen atoms in total. The number of aromatic nitrogens is 2. The molecule has 3 rings (SSSR count). The first kappa shape index (κ1) is 12.7. The molecule has 1 heterocycles. The van der Waals surface area contributed by atoms with Crippen molar-refractivity contribution in [2.24, 2.45) is 7.05 Å². The summed E-state index contributed by atoms with van der Waals surface area (Å²) in [4.78, 5) is 0. The van der Waals surface area contributed by atoms with Crippen LogP contribution in [0, 0.1) is 0 Å². The van der Waals surface area contributed by atoms with E-state index in [0.29, 0.717) is 0 Å². The molecule has 1 aromatic heterocycles. The Hall–Kier alpha value is -1.32. The standard InChI is InChI=1S/C15H18ClN3/c1-17-14(13-12(16)10-18-19(13)2)15(8-9-15)11-6-4-3-5-7-11/h3-7,10,14,17H,8-9H2,1-2H3. The summed E-state index contributed by atoms with van der Waals surface area (Å²) in [6, 6.07) is 10.9. The quantitative estimate of drug-likeness (QED) is 0.929. The monoisotopic (exact) mass is 275 g/mol. The van der Waals surface area contributed by atoms with Crippen LogP contribution in [0.1, 0.15) is 30.1 Å². The minimum absolute atomic E-state index is 0.160. The van der Waals surface area contributed by atoms with Crippen molar-refractivity contribution < 1.29 is 0 Å². The van der Waals surface area contributed by atoms with Crippen molar-refractivity contribution in [3.05, 3.63) is 52.8 Å². The first-order valence-corrected chi connectivity index (χ1v) is 6.97. The second kappa shape index (κ2) is 4.66. The second-order valence-corrected chi connectivity index (χ2v) is 5.65. The van der Waals surface area contributed by atoms with Crippen LogP contribution >= 0.6 is 11.6 Å². The maximum atomic E-state index is 6.32. The van der Waals surface area contributed by atoms with Gasteiger partial charge in [0.2, 0.25) is 0 Å². The first-order valence-electron chi connectivity index (χ1n) is 6.59. The number of halogens is 1. The number of benzene rings is 1. The van der Waals surface area contributed by atoms with Crippen LogP contribution in [0.3, 0.4) is 0 Å². The molecule has 2 aromatic rings. The molecule has 0 aliphatic heterocycles. The van der Waals surface area contributed by atoms with E-state index in [9.17, 15) is 0 Å². The Labute approximate surface area is 118 Å². The van der Waals surface area contributed by atoms with Crippen LogP contribution in [0.4, 0.5) is 0 Å². The molecule has 1 aliphatic carbocycles. The lowest BCUT2D eigenvalue weighted by molar-refractivity contribution is 0.434. The average molecular weight is 276 g/mol. The molecule has 0 amide bonds. The molecular weight excluding hydrogens is 258 g/mol. The molecule has 0 bridgehead atoms. The lowest BCUT2D eigenvalue weighted by Crippen LogP contribution is -2.31. The fourth-order valence-corrected chi connectivity index (χ4v) is 3.34. The highest BCUT2D eigenvalue weighted by Gasteiger charge is 2.52. The van der Waals surface area contributed by atoms with Gasteiger partial charge in [-0.3, -0.25) is 4.68 Å². The minimum atomic E-state index is 0.160. The fraction of sp³-hybridized carbons (Fsp3) is 0.400. The smallest absolute Gasteiger partial charge is 0.0834 e. The molecule has 100 valence electrons. The normalized spacial score (nSPS) is 18.3. The van der Waals surface area contributed by atoms with Gasteiger partial charge >= 0.3 is 0 Å². The van der Waals surface area contributed by atoms with Gasteiger partial charge in [0.1, 0.15) is 0 Å². The van der Waals surface area contributed by atoms with E-state index in [1.54, 1.807) is 6.20 Å². The van der Waals surface area contributed by atoms with Crippen LogP contribution in [-0.4, -0.2) is 16.8 Å². The summed E-state index contributed by atoms with van der Waals surface area (Å²) in [6.45, 7) is 0. The number of aryl methyl sites for hydroxylation is 1. The summed E-state index contributed by atoms with van der Waals surface area (Å²) in [6.07, 6.45) is 4.09. The van der Waals surface area contributed by atoms with Crippen LogP contribution in [0.15, 0.2) is 36.5 Å². The molecular formula is C15H18ClN3. The van der Waals surface area contributed by atoms with Crippen molar-refractivity contribution in [2.45, 2.75) is 24.3 Å². The van der Waals surface area contributed by atoms with Gasteiger partial charge in [-0.25, -0.2) is 0 Å². The second-order valence-electron chi connectivity index (χ2n) is 5.25. The lowest BCUT2D eigenvalue weighted by atomic mass is 9.86. The summed E-state index contributed by atoms with van der Waals surface area (Å²) in [5.41, 5.74) is 2.62. The highest BCUT2D eigenvalue weighted by atomic mass is 35.5. The van der Waals surface area contributed by atoms with E-state index < -0.39 is 0 Å². The molecule has 0 saturated heterocycles. The van der Waals surface area contributed by atoms with Crippen molar-refractivity contribution >= 4 is 11.6 Å². The summed E-state index contributed by atoms with van der Waals surface area (Å²) in [5, 5.41) is 8.45. The van der Waals surface area contributed by atoms with Gasteiger partial charge in [0.15, 0.2) is 0 Å². The molecule has 1 saturated carbocycles. The summed E-state index contributed by atoms with van der Waals surface area (Å²) >= 11 is 6.32. The van der Waals surface area contributed by atoms with Gasteiger partial charge in [-0.15, -0.1) is 0 Å². The molecule has 1 aliphatic rings. The minimum Gasteiger partial charge on any atom is -0.311 e. The highest BCUT2D eigenvalue weighted by Crippen LogP contribution is 2.57. The highest BCUT2D eigenvalue weighted by molar-refractivity contribution is 6.31. The number of nitrogens with zero attached hydrogens (tertiary/aromatic N) is 2. The predicted molar refractivity (Wildman–Crippen MR) is 77.4 cm³/mol. The van der Waals surface area contributed by atoms with Crippen LogP contribution in [0.2, 0.25) is 5.02 Å². The van der Waals surface area contributed by atoms with E-state index in [1.165, 1.54) is 18.4 Å². The van der Waals surface area contributed by atoms with Gasteiger partial charge in [0.05, 0.1) is 23.0 Å². The number of hydrogen-bond acceptors (Lipinski definition) is 2. The van der Waals surface area contributed by atoms with Crippen LogP contribution < -0.4 is 5.32 Å². The summed E-state index contributed by atoms with van der Waals surface area (Å²) < 4.78 is 1.88. The molecule has 1 aromatic carbocycles. The first-order chi connectivity index (χ1) is 9.19. The van der Waals surface area contributed by atoms with Gasteiger partial charge in [0, 0.05) is 12.5 Å². The Morgan fingerprint density at radius 3 is 2.47 bits per heavy atom. The lowest BCUT2D eigenvalue weighted by Gasteiger charge is -2.27. The molecule has 4 heteroatoms. The molecule has 1 atom stereocenters. The maximum Gasteiger partial charge on any atom is 0.0834 e. The van der Waals surface area contributed by atoms with E-state index in [2.05, 4.69) is 40.7 Å². The van der Waals surface area contributed by atoms with Crippen molar-refractivity contribution in [2.75, 3.05) is 7.05 Å². The number of rotatable bonds is 4. The molecule has 1 unspecified atom stereocenters. The van der Waals surface area contributed by atoms with Crippen molar-refractivity contribution in [1.29, 1.82) is 0 Å². The zero-order chi connectivity index (χ0) is 13.5. The molecule has 1 fully saturated rings. The summed E-state index contributed by atoms with van der Waals surface area (Å²) in [7, 11) is 3.95. The predicted octanol–water partition coefficient (Wildman–Crippen LogP) is 3.07. The largest absolute Gasteiger partial charge is 0.311 e. The average Bonchev–Trinajstić information content (AvgIpc) is 3.17. The van der Waals surface area contributed by atoms with Gasteiger partial charge < -0.3 is 5.32 Å². The Morgan fingerprint density at radius 2 is 2.00 bits per heavy atom. The zero-order valence-corrected chi connectivity index (χ0v) is 12.0. The van der Waals surface area contributed by atoms with E-state index in [4.69, 9.17) is 11.6 Å². The Bertz CT molecular complexity index is 553. The van der Waals surface area contributed by atoms with Gasteiger partial charge in [-0.2, -0.15) is 5.10 Å². The number of nitrogens with one attached hydrogen (secondary N) is 1. The van der Waals surface area contributed by atoms with Gasteiger partial charge in [-0.1, -0.05) is 41.9 Å². The van der Waals surface area contributed by atoms with Crippen LogP contribution in [-0.2, 0) is 12.5 Å². The SMILES string of the molecule is CNC(c1c(Cl)cnn1C)C1(c2ccccc2)CC1. The Balaban J connectivity index is 2.04. The van der Waals surface area contributed by atoms with E-state index >= 15 is 0 Å². The zero-order valence-electron chi connectivity index (χ0n) is 11.2. The molecule has 0 spiro atoms. The van der Waals surface area contributed by atoms with Crippen molar-refractivity contribution in [1.82, 2.24) is 15.1 Å². The summed E-state index contributed by atoms with van der Waals surface area (Å²) in [5.74, 6) is 0. The Morgan fingerprint density at radius 1 is 1.32 bits per heavy atom.